The van der Waals surface area contributed by atoms with E-state index in [-0.39, 0.29) is 5.91 Å². The lowest BCUT2D eigenvalue weighted by Gasteiger charge is -2.34. The number of hydrogen-bond acceptors (Lipinski definition) is 3. The highest BCUT2D eigenvalue weighted by molar-refractivity contribution is 7.20. The van der Waals surface area contributed by atoms with E-state index < -0.39 is 0 Å². The normalized spacial score (nSPS) is 19.6. The summed E-state index contributed by atoms with van der Waals surface area (Å²) in [6.45, 7) is 7.18. The van der Waals surface area contributed by atoms with Crippen LogP contribution in [0.1, 0.15) is 48.3 Å². The van der Waals surface area contributed by atoms with Crippen molar-refractivity contribution in [2.45, 2.75) is 38.6 Å². The second kappa shape index (κ2) is 6.29. The minimum Gasteiger partial charge on any atom is -0.349 e. The Balaban J connectivity index is 1.40. The molecule has 1 aliphatic heterocycles. The van der Waals surface area contributed by atoms with Gasteiger partial charge in [0, 0.05) is 50.0 Å². The number of rotatable bonds is 5. The molecule has 1 aliphatic carbocycles. The van der Waals surface area contributed by atoms with Crippen LogP contribution < -0.4 is 0 Å². The molecular weight excluding hydrogens is 306 g/mol. The Hall–Kier alpha value is -1.33. The van der Waals surface area contributed by atoms with E-state index in [2.05, 4.69) is 34.9 Å². The molecule has 0 unspecified atom stereocenters. The van der Waals surface area contributed by atoms with Crippen molar-refractivity contribution >= 4 is 27.3 Å². The molecule has 4 nitrogen and oxygen atoms in total. The predicted molar refractivity (Wildman–Crippen MR) is 95.3 cm³/mol. The molecule has 2 fully saturated rings. The zero-order chi connectivity index (χ0) is 15.8. The van der Waals surface area contributed by atoms with Crippen molar-refractivity contribution < 1.29 is 4.79 Å². The first-order valence-corrected chi connectivity index (χ1v) is 9.69. The minimum atomic E-state index is 0.222. The Kier molecular flexibility index (Phi) is 4.16. The fourth-order valence-corrected chi connectivity index (χ4v) is 4.40. The molecule has 0 radical (unpaired) electrons. The van der Waals surface area contributed by atoms with Gasteiger partial charge < -0.3 is 9.47 Å². The van der Waals surface area contributed by atoms with Crippen molar-refractivity contribution in [2.24, 2.45) is 0 Å². The van der Waals surface area contributed by atoms with Gasteiger partial charge in [-0.1, -0.05) is 13.3 Å². The topological polar surface area (TPSA) is 28.5 Å². The molecule has 0 N–H and O–H groups in total. The van der Waals surface area contributed by atoms with Gasteiger partial charge in [-0.15, -0.1) is 11.3 Å². The number of nitrogens with zero attached hydrogens (tertiary/aromatic N) is 3. The van der Waals surface area contributed by atoms with Gasteiger partial charge in [0.25, 0.3) is 5.91 Å². The smallest absolute Gasteiger partial charge is 0.264 e. The summed E-state index contributed by atoms with van der Waals surface area (Å²) in [6.07, 6.45) is 9.53. The molecule has 1 saturated carbocycles. The lowest BCUT2D eigenvalue weighted by Crippen LogP contribution is -2.48. The molecule has 4 rings (SSSR count). The summed E-state index contributed by atoms with van der Waals surface area (Å²) in [5.41, 5.74) is 0. The van der Waals surface area contributed by atoms with Crippen LogP contribution in [0.15, 0.2) is 18.5 Å². The second-order valence-corrected chi connectivity index (χ2v) is 7.94. The van der Waals surface area contributed by atoms with Gasteiger partial charge in [-0.25, -0.2) is 0 Å². The van der Waals surface area contributed by atoms with Crippen LogP contribution >= 0.6 is 11.3 Å². The monoisotopic (exact) mass is 331 g/mol. The van der Waals surface area contributed by atoms with E-state index in [1.807, 2.05) is 4.90 Å². The lowest BCUT2D eigenvalue weighted by atomic mass is 10.2. The van der Waals surface area contributed by atoms with E-state index in [4.69, 9.17) is 0 Å². The summed E-state index contributed by atoms with van der Waals surface area (Å²) >= 11 is 1.65. The molecule has 2 aromatic heterocycles. The maximum atomic E-state index is 12.7. The second-order valence-electron chi connectivity index (χ2n) is 6.85. The number of carbonyl (C=O) groups is 1. The van der Waals surface area contributed by atoms with E-state index in [9.17, 15) is 4.79 Å². The Morgan fingerprint density at radius 3 is 2.65 bits per heavy atom. The largest absolute Gasteiger partial charge is 0.349 e. The minimum absolute atomic E-state index is 0.222. The summed E-state index contributed by atoms with van der Waals surface area (Å²) in [6, 6.07) is 2.80. The Bertz CT molecular complexity index is 661. The van der Waals surface area contributed by atoms with Crippen LogP contribution in [0, 0.1) is 0 Å². The van der Waals surface area contributed by atoms with Gasteiger partial charge in [0.15, 0.2) is 0 Å². The molecular formula is C18H25N3OS. The molecule has 23 heavy (non-hydrogen) atoms. The van der Waals surface area contributed by atoms with Crippen LogP contribution in [-0.4, -0.2) is 53.0 Å². The Labute approximate surface area is 141 Å². The van der Waals surface area contributed by atoms with Crippen LogP contribution in [0.5, 0.6) is 0 Å². The van der Waals surface area contributed by atoms with E-state index in [0.717, 1.165) is 31.1 Å². The first-order chi connectivity index (χ1) is 11.2. The molecule has 2 aromatic rings. The summed E-state index contributed by atoms with van der Waals surface area (Å²) < 4.78 is 3.57. The Morgan fingerprint density at radius 1 is 1.22 bits per heavy atom. The van der Waals surface area contributed by atoms with Gasteiger partial charge in [-0.3, -0.25) is 9.69 Å². The molecule has 0 bridgehead atoms. The number of carbonyl (C=O) groups excluding carboxylic acids is 1. The number of thiophene rings is 1. The molecule has 0 spiro atoms. The third-order valence-electron chi connectivity index (χ3n) is 5.01. The SMILES string of the molecule is CCCCN1CCN(C(=O)c2cc3cn(C4CC4)cc3s2)CC1. The molecule has 0 aromatic carbocycles. The summed E-state index contributed by atoms with van der Waals surface area (Å²) in [7, 11) is 0. The maximum absolute atomic E-state index is 12.7. The van der Waals surface area contributed by atoms with Gasteiger partial charge in [-0.2, -0.15) is 0 Å². The standard InChI is InChI=1S/C18H25N3OS/c1-2-3-6-19-7-9-20(10-8-19)18(22)16-11-14-12-21(15-4-5-15)13-17(14)23-16/h11-13,15H,2-10H2,1H3. The van der Waals surface area contributed by atoms with E-state index in [1.54, 1.807) is 11.3 Å². The van der Waals surface area contributed by atoms with Crippen molar-refractivity contribution in [2.75, 3.05) is 32.7 Å². The fourth-order valence-electron chi connectivity index (χ4n) is 3.36. The van der Waals surface area contributed by atoms with Crippen molar-refractivity contribution in [3.05, 3.63) is 23.3 Å². The van der Waals surface area contributed by atoms with Crippen molar-refractivity contribution in [1.29, 1.82) is 0 Å². The fraction of sp³-hybridized carbons (Fsp3) is 0.611. The number of aromatic nitrogens is 1. The van der Waals surface area contributed by atoms with Crippen molar-refractivity contribution in [3.63, 3.8) is 0 Å². The molecule has 1 saturated heterocycles. The van der Waals surface area contributed by atoms with Gasteiger partial charge in [0.2, 0.25) is 0 Å². The molecule has 124 valence electrons. The van der Waals surface area contributed by atoms with E-state index in [1.165, 1.54) is 42.3 Å². The van der Waals surface area contributed by atoms with Crippen LogP contribution in [0.3, 0.4) is 0 Å². The predicted octanol–water partition coefficient (Wildman–Crippen LogP) is 3.60. The molecule has 1 amide bonds. The van der Waals surface area contributed by atoms with Crippen LogP contribution in [0.4, 0.5) is 0 Å². The first-order valence-electron chi connectivity index (χ1n) is 8.87. The highest BCUT2D eigenvalue weighted by Gasteiger charge is 2.26. The van der Waals surface area contributed by atoms with Crippen LogP contribution in [-0.2, 0) is 0 Å². The number of piperazine rings is 1. The van der Waals surface area contributed by atoms with E-state index in [0.29, 0.717) is 6.04 Å². The lowest BCUT2D eigenvalue weighted by molar-refractivity contribution is 0.0640. The highest BCUT2D eigenvalue weighted by Crippen LogP contribution is 2.38. The van der Waals surface area contributed by atoms with Crippen molar-refractivity contribution in [1.82, 2.24) is 14.4 Å². The number of amides is 1. The van der Waals surface area contributed by atoms with Gasteiger partial charge >= 0.3 is 0 Å². The molecule has 0 atom stereocenters. The van der Waals surface area contributed by atoms with Crippen molar-refractivity contribution in [3.8, 4) is 0 Å². The first kappa shape index (κ1) is 15.2. The zero-order valence-corrected chi connectivity index (χ0v) is 14.6. The highest BCUT2D eigenvalue weighted by atomic mass is 32.1. The van der Waals surface area contributed by atoms with Crippen LogP contribution in [0.2, 0.25) is 0 Å². The third kappa shape index (κ3) is 3.17. The van der Waals surface area contributed by atoms with Gasteiger partial charge in [0.1, 0.15) is 0 Å². The average molecular weight is 331 g/mol. The molecule has 3 heterocycles. The van der Waals surface area contributed by atoms with Gasteiger partial charge in [-0.05, 0) is 31.9 Å². The zero-order valence-electron chi connectivity index (χ0n) is 13.8. The molecule has 5 heteroatoms. The van der Waals surface area contributed by atoms with Gasteiger partial charge in [0.05, 0.1) is 9.58 Å². The number of hydrogen-bond donors (Lipinski definition) is 0. The third-order valence-corrected chi connectivity index (χ3v) is 6.09. The van der Waals surface area contributed by atoms with E-state index >= 15 is 0 Å². The summed E-state index contributed by atoms with van der Waals surface area (Å²) in [4.78, 5) is 18.1. The average Bonchev–Trinajstić information content (AvgIpc) is 3.23. The van der Waals surface area contributed by atoms with Crippen LogP contribution in [0.25, 0.3) is 10.1 Å². The Morgan fingerprint density at radius 2 is 2.00 bits per heavy atom. The molecule has 2 aliphatic rings. The maximum Gasteiger partial charge on any atom is 0.264 e. The quantitative estimate of drug-likeness (QED) is 0.837. The number of fused-ring (bicyclic) bond motifs is 1. The summed E-state index contributed by atoms with van der Waals surface area (Å²) in [5, 5.41) is 1.23. The summed E-state index contributed by atoms with van der Waals surface area (Å²) in [5.74, 6) is 0.222. The number of unbranched alkanes of at least 4 members (excludes halogenated alkanes) is 1.